The van der Waals surface area contributed by atoms with Crippen LogP contribution in [0.1, 0.15) is 18.7 Å². The molecule has 3 heterocycles. The number of carbonyl (C=O) groups is 3. The first-order chi connectivity index (χ1) is 14.0. The first-order valence-electron chi connectivity index (χ1n) is 10.0. The van der Waals surface area contributed by atoms with E-state index in [2.05, 4.69) is 20.9 Å². The molecule has 2 aliphatic rings. The van der Waals surface area contributed by atoms with Crippen LogP contribution in [0.5, 0.6) is 0 Å². The maximum Gasteiger partial charge on any atom is 0.324 e. The van der Waals surface area contributed by atoms with E-state index in [1.807, 2.05) is 30.1 Å². The van der Waals surface area contributed by atoms with Crippen LogP contribution >= 0.6 is 0 Å². The lowest BCUT2D eigenvalue weighted by atomic mass is 10.2. The molecule has 1 aromatic heterocycles. The first kappa shape index (κ1) is 19.4. The van der Waals surface area contributed by atoms with Crippen LogP contribution in [0.2, 0.25) is 0 Å². The summed E-state index contributed by atoms with van der Waals surface area (Å²) in [5, 5.41) is 2.28. The SMILES string of the molecule is Cn1c(CN2CCN(C(=O)CCN3CCC(=O)NC3=O)CC2)nc2ccccc21. The minimum atomic E-state index is -0.402. The zero-order valence-electron chi connectivity index (χ0n) is 16.6. The quantitative estimate of drug-likeness (QED) is 0.794. The van der Waals surface area contributed by atoms with Gasteiger partial charge in [0, 0.05) is 59.2 Å². The van der Waals surface area contributed by atoms with Crippen LogP contribution in [-0.2, 0) is 23.2 Å². The highest BCUT2D eigenvalue weighted by atomic mass is 16.2. The Morgan fingerprint density at radius 2 is 1.86 bits per heavy atom. The van der Waals surface area contributed by atoms with Crippen molar-refractivity contribution in [3.8, 4) is 0 Å². The van der Waals surface area contributed by atoms with Crippen molar-refractivity contribution in [1.29, 1.82) is 0 Å². The standard InChI is InChI=1S/C20H26N6O3/c1-23-16-5-3-2-4-15(16)21-17(23)14-24-10-12-25(13-11-24)19(28)7-9-26-8-6-18(27)22-20(26)29/h2-5H,6-14H2,1H3,(H,22,27,29). The van der Waals surface area contributed by atoms with Crippen LogP contribution in [0.3, 0.4) is 0 Å². The van der Waals surface area contributed by atoms with Crippen molar-refractivity contribution in [2.75, 3.05) is 39.3 Å². The molecule has 2 fully saturated rings. The fourth-order valence-corrected chi connectivity index (χ4v) is 3.89. The Hall–Kier alpha value is -2.94. The molecule has 0 aliphatic carbocycles. The molecule has 0 unspecified atom stereocenters. The summed E-state index contributed by atoms with van der Waals surface area (Å²) >= 11 is 0. The first-order valence-corrected chi connectivity index (χ1v) is 10.0. The highest BCUT2D eigenvalue weighted by Gasteiger charge is 2.26. The van der Waals surface area contributed by atoms with E-state index in [0.29, 0.717) is 32.6 Å². The number of aromatic nitrogens is 2. The molecule has 9 nitrogen and oxygen atoms in total. The number of urea groups is 1. The molecule has 0 bridgehead atoms. The zero-order valence-corrected chi connectivity index (χ0v) is 16.6. The lowest BCUT2D eigenvalue weighted by molar-refractivity contribution is -0.133. The van der Waals surface area contributed by atoms with Crippen LogP contribution in [0.4, 0.5) is 4.79 Å². The van der Waals surface area contributed by atoms with E-state index >= 15 is 0 Å². The van der Waals surface area contributed by atoms with Gasteiger partial charge >= 0.3 is 6.03 Å². The summed E-state index contributed by atoms with van der Waals surface area (Å²) in [6.07, 6.45) is 0.577. The third-order valence-electron chi connectivity index (χ3n) is 5.71. The molecule has 0 atom stereocenters. The number of imide groups is 1. The van der Waals surface area contributed by atoms with Crippen LogP contribution in [-0.4, -0.2) is 81.4 Å². The van der Waals surface area contributed by atoms with E-state index in [-0.39, 0.29) is 18.2 Å². The second kappa shape index (κ2) is 8.20. The molecule has 2 aliphatic heterocycles. The molecule has 1 aromatic carbocycles. The smallest absolute Gasteiger partial charge is 0.324 e. The van der Waals surface area contributed by atoms with Crippen LogP contribution in [0.15, 0.2) is 24.3 Å². The number of amides is 4. The fraction of sp³-hybridized carbons (Fsp3) is 0.500. The highest BCUT2D eigenvalue weighted by molar-refractivity contribution is 5.96. The fourth-order valence-electron chi connectivity index (χ4n) is 3.89. The summed E-state index contributed by atoms with van der Waals surface area (Å²) in [5.41, 5.74) is 2.13. The van der Waals surface area contributed by atoms with E-state index in [4.69, 9.17) is 4.98 Å². The van der Waals surface area contributed by atoms with E-state index in [9.17, 15) is 14.4 Å². The van der Waals surface area contributed by atoms with Gasteiger partial charge in [0.1, 0.15) is 5.82 Å². The van der Waals surface area contributed by atoms with Gasteiger partial charge in [0.05, 0.1) is 17.6 Å². The van der Waals surface area contributed by atoms with Crippen molar-refractivity contribution in [3.63, 3.8) is 0 Å². The predicted octanol–water partition coefficient (Wildman–Crippen LogP) is 0.550. The van der Waals surface area contributed by atoms with E-state index in [0.717, 1.165) is 36.5 Å². The summed E-state index contributed by atoms with van der Waals surface area (Å²) in [6.45, 7) is 4.43. The van der Waals surface area contributed by atoms with Gasteiger partial charge in [0.25, 0.3) is 0 Å². The van der Waals surface area contributed by atoms with Gasteiger partial charge in [-0.2, -0.15) is 0 Å². The third kappa shape index (κ3) is 4.24. The Bertz CT molecular complexity index is 931. The second-order valence-electron chi connectivity index (χ2n) is 7.57. The van der Waals surface area contributed by atoms with Crippen LogP contribution in [0, 0.1) is 0 Å². The minimum Gasteiger partial charge on any atom is -0.340 e. The molecular weight excluding hydrogens is 372 g/mol. The van der Waals surface area contributed by atoms with Gasteiger partial charge in [-0.1, -0.05) is 12.1 Å². The summed E-state index contributed by atoms with van der Waals surface area (Å²) in [5.74, 6) is 0.822. The third-order valence-corrected chi connectivity index (χ3v) is 5.71. The number of hydrogen-bond acceptors (Lipinski definition) is 5. The van der Waals surface area contributed by atoms with Gasteiger partial charge in [-0.05, 0) is 12.1 Å². The summed E-state index contributed by atoms with van der Waals surface area (Å²) < 4.78 is 2.13. The molecule has 4 amide bonds. The van der Waals surface area contributed by atoms with Gasteiger partial charge in [-0.15, -0.1) is 0 Å². The number of aryl methyl sites for hydroxylation is 1. The Kier molecular flexibility index (Phi) is 5.48. The van der Waals surface area contributed by atoms with Crippen molar-refractivity contribution in [2.45, 2.75) is 19.4 Å². The normalized spacial score (nSPS) is 18.4. The minimum absolute atomic E-state index is 0.0529. The number of nitrogens with zero attached hydrogens (tertiary/aromatic N) is 5. The van der Waals surface area contributed by atoms with Crippen LogP contribution < -0.4 is 5.32 Å². The molecule has 4 rings (SSSR count). The van der Waals surface area contributed by atoms with Gasteiger partial charge < -0.3 is 14.4 Å². The van der Waals surface area contributed by atoms with Crippen molar-refractivity contribution in [2.24, 2.45) is 7.05 Å². The molecule has 154 valence electrons. The Morgan fingerprint density at radius 1 is 1.10 bits per heavy atom. The maximum atomic E-state index is 12.5. The predicted molar refractivity (Wildman–Crippen MR) is 107 cm³/mol. The molecule has 0 radical (unpaired) electrons. The van der Waals surface area contributed by atoms with Crippen molar-refractivity contribution < 1.29 is 14.4 Å². The number of piperazine rings is 1. The number of benzene rings is 1. The summed E-state index contributed by atoms with van der Waals surface area (Å²) in [7, 11) is 2.04. The van der Waals surface area contributed by atoms with Crippen molar-refractivity contribution in [3.05, 3.63) is 30.1 Å². The Morgan fingerprint density at radius 3 is 2.59 bits per heavy atom. The number of imidazole rings is 1. The molecule has 0 spiro atoms. The maximum absolute atomic E-state index is 12.5. The van der Waals surface area contributed by atoms with Gasteiger partial charge in [-0.25, -0.2) is 9.78 Å². The zero-order chi connectivity index (χ0) is 20.4. The van der Waals surface area contributed by atoms with Gasteiger partial charge in [0.2, 0.25) is 11.8 Å². The molecule has 1 N–H and O–H groups in total. The largest absolute Gasteiger partial charge is 0.340 e. The number of rotatable bonds is 5. The van der Waals surface area contributed by atoms with Crippen molar-refractivity contribution in [1.82, 2.24) is 29.6 Å². The molecule has 9 heteroatoms. The molecule has 2 aromatic rings. The summed E-state index contributed by atoms with van der Waals surface area (Å²) in [4.78, 5) is 45.9. The highest BCUT2D eigenvalue weighted by Crippen LogP contribution is 2.16. The molecule has 0 saturated carbocycles. The van der Waals surface area contributed by atoms with E-state index in [1.165, 1.54) is 4.90 Å². The number of fused-ring (bicyclic) bond motifs is 1. The Balaban J connectivity index is 1.25. The molecule has 29 heavy (non-hydrogen) atoms. The second-order valence-corrected chi connectivity index (χ2v) is 7.57. The van der Waals surface area contributed by atoms with E-state index in [1.54, 1.807) is 0 Å². The van der Waals surface area contributed by atoms with Gasteiger partial charge in [-0.3, -0.25) is 19.8 Å². The summed E-state index contributed by atoms with van der Waals surface area (Å²) in [6, 6.07) is 7.70. The van der Waals surface area contributed by atoms with Crippen molar-refractivity contribution >= 4 is 28.9 Å². The monoisotopic (exact) mass is 398 g/mol. The molecule has 2 saturated heterocycles. The van der Waals surface area contributed by atoms with E-state index < -0.39 is 6.03 Å². The lowest BCUT2D eigenvalue weighted by Crippen LogP contribution is -2.51. The lowest BCUT2D eigenvalue weighted by Gasteiger charge is -2.35. The van der Waals surface area contributed by atoms with Gasteiger partial charge in [0.15, 0.2) is 0 Å². The number of nitrogens with one attached hydrogen (secondary N) is 1. The average Bonchev–Trinajstić information content (AvgIpc) is 3.03. The topological polar surface area (TPSA) is 90.8 Å². The molecular formula is C20H26N6O3. The number of carbonyl (C=O) groups excluding carboxylic acids is 3. The van der Waals surface area contributed by atoms with Crippen LogP contribution in [0.25, 0.3) is 11.0 Å². The number of hydrogen-bond donors (Lipinski definition) is 1. The number of para-hydroxylation sites is 2. The Labute approximate surface area is 169 Å². The average molecular weight is 398 g/mol.